The van der Waals surface area contributed by atoms with Gasteiger partial charge in [0.2, 0.25) is 0 Å². The summed E-state index contributed by atoms with van der Waals surface area (Å²) < 4.78 is 0. The van der Waals surface area contributed by atoms with E-state index in [2.05, 4.69) is 67.9 Å². The molecule has 0 aliphatic heterocycles. The summed E-state index contributed by atoms with van der Waals surface area (Å²) in [4.78, 5) is 0. The average molecular weight is 243 g/mol. The highest BCUT2D eigenvalue weighted by Gasteiger charge is 2.23. The Morgan fingerprint density at radius 3 is 2.74 bits per heavy atom. The second-order valence-electron chi connectivity index (χ2n) is 5.38. The number of hydrogen-bond donors (Lipinski definition) is 0. The van der Waals surface area contributed by atoms with Crippen molar-refractivity contribution in [2.45, 2.75) is 13.3 Å². The molecule has 19 heavy (non-hydrogen) atoms. The third-order valence-corrected chi connectivity index (χ3v) is 4.06. The molecule has 0 bridgehead atoms. The van der Waals surface area contributed by atoms with Crippen molar-refractivity contribution in [3.05, 3.63) is 88.8 Å². The summed E-state index contributed by atoms with van der Waals surface area (Å²) in [6, 6.07) is 19.9. The smallest absolute Gasteiger partial charge is 0.0616 e. The van der Waals surface area contributed by atoms with Gasteiger partial charge in [-0.25, -0.2) is 0 Å². The van der Waals surface area contributed by atoms with Crippen LogP contribution in [0, 0.1) is 13.3 Å². The standard InChI is InChI=1S/C19H15/c1-13-6-7-15-12-19-16(11-17(15)10-13)9-8-14-4-2-3-5-18(14)19/h2-11H,12H2,1H3/q+1. The SMILES string of the molecule is Cc1ccc2c(c1)[CH+]c1ccc3ccccc3c1C2. The van der Waals surface area contributed by atoms with Crippen LogP contribution in [0.25, 0.3) is 10.8 Å². The summed E-state index contributed by atoms with van der Waals surface area (Å²) in [6.07, 6.45) is 3.37. The Balaban J connectivity index is 1.94. The molecule has 0 N–H and O–H groups in total. The van der Waals surface area contributed by atoms with Crippen LogP contribution in [-0.2, 0) is 6.42 Å². The molecule has 0 atom stereocenters. The van der Waals surface area contributed by atoms with E-state index in [9.17, 15) is 0 Å². The normalized spacial score (nSPS) is 12.7. The highest BCUT2D eigenvalue weighted by atomic mass is 14.2. The summed E-state index contributed by atoms with van der Waals surface area (Å²) in [5.74, 6) is 0. The molecule has 0 radical (unpaired) electrons. The van der Waals surface area contributed by atoms with Crippen molar-refractivity contribution in [1.82, 2.24) is 0 Å². The van der Waals surface area contributed by atoms with Crippen molar-refractivity contribution in [1.29, 1.82) is 0 Å². The number of rotatable bonds is 0. The Labute approximate surface area is 113 Å². The van der Waals surface area contributed by atoms with Gasteiger partial charge < -0.3 is 0 Å². The highest BCUT2D eigenvalue weighted by Crippen LogP contribution is 2.33. The van der Waals surface area contributed by atoms with Gasteiger partial charge in [0.1, 0.15) is 0 Å². The van der Waals surface area contributed by atoms with Gasteiger partial charge in [0.25, 0.3) is 0 Å². The Hall–Kier alpha value is -2.21. The van der Waals surface area contributed by atoms with Crippen LogP contribution in [0.5, 0.6) is 0 Å². The van der Waals surface area contributed by atoms with E-state index in [4.69, 9.17) is 0 Å². The molecule has 1 aliphatic carbocycles. The van der Waals surface area contributed by atoms with E-state index in [1.165, 1.54) is 38.6 Å². The van der Waals surface area contributed by atoms with Gasteiger partial charge in [-0.15, -0.1) is 0 Å². The first-order chi connectivity index (χ1) is 9.31. The van der Waals surface area contributed by atoms with E-state index in [0.29, 0.717) is 0 Å². The van der Waals surface area contributed by atoms with E-state index in [0.717, 1.165) is 6.42 Å². The molecule has 0 spiro atoms. The van der Waals surface area contributed by atoms with Crippen molar-refractivity contribution in [2.24, 2.45) is 0 Å². The number of fused-ring (bicyclic) bond motifs is 4. The van der Waals surface area contributed by atoms with E-state index in [-0.39, 0.29) is 0 Å². The zero-order valence-corrected chi connectivity index (χ0v) is 11.0. The van der Waals surface area contributed by atoms with E-state index in [1.807, 2.05) is 0 Å². The first kappa shape index (κ1) is 10.7. The van der Waals surface area contributed by atoms with Crippen LogP contribution in [0.2, 0.25) is 0 Å². The molecule has 0 nitrogen and oxygen atoms in total. The van der Waals surface area contributed by atoms with E-state index in [1.54, 1.807) is 0 Å². The Morgan fingerprint density at radius 1 is 0.895 bits per heavy atom. The van der Waals surface area contributed by atoms with Gasteiger partial charge in [0.05, 0.1) is 17.5 Å². The highest BCUT2D eigenvalue weighted by molar-refractivity contribution is 5.88. The predicted octanol–water partition coefficient (Wildman–Crippen LogP) is 4.65. The number of aryl methyl sites for hydroxylation is 1. The lowest BCUT2D eigenvalue weighted by Gasteiger charge is -2.15. The summed E-state index contributed by atoms with van der Waals surface area (Å²) >= 11 is 0. The molecule has 3 aromatic rings. The molecule has 0 unspecified atom stereocenters. The third-order valence-electron chi connectivity index (χ3n) is 4.06. The van der Waals surface area contributed by atoms with E-state index < -0.39 is 0 Å². The van der Waals surface area contributed by atoms with Gasteiger partial charge in [-0.05, 0) is 42.1 Å². The molecule has 0 aromatic heterocycles. The molecule has 90 valence electrons. The molecule has 4 rings (SSSR count). The minimum Gasteiger partial charge on any atom is -0.0616 e. The van der Waals surface area contributed by atoms with Crippen LogP contribution in [0.4, 0.5) is 0 Å². The zero-order chi connectivity index (χ0) is 12.8. The molecule has 0 saturated carbocycles. The Morgan fingerprint density at radius 2 is 1.79 bits per heavy atom. The van der Waals surface area contributed by atoms with Gasteiger partial charge in [0.15, 0.2) is 0 Å². The largest absolute Gasteiger partial charge is 0.0773 e. The molecular weight excluding hydrogens is 228 g/mol. The monoisotopic (exact) mass is 243 g/mol. The van der Waals surface area contributed by atoms with Crippen LogP contribution in [0.15, 0.2) is 54.6 Å². The van der Waals surface area contributed by atoms with Gasteiger partial charge in [-0.2, -0.15) is 0 Å². The van der Waals surface area contributed by atoms with Crippen LogP contribution in [0.1, 0.15) is 27.8 Å². The molecule has 0 heterocycles. The van der Waals surface area contributed by atoms with Gasteiger partial charge >= 0.3 is 0 Å². The Kier molecular flexibility index (Phi) is 2.19. The zero-order valence-electron chi connectivity index (χ0n) is 11.0. The second kappa shape index (κ2) is 3.89. The molecule has 3 aromatic carbocycles. The van der Waals surface area contributed by atoms with Crippen molar-refractivity contribution >= 4 is 10.8 Å². The minimum absolute atomic E-state index is 1.04. The first-order valence-corrected chi connectivity index (χ1v) is 6.76. The summed E-state index contributed by atoms with van der Waals surface area (Å²) in [5, 5.41) is 2.73. The number of hydrogen-bond acceptors (Lipinski definition) is 0. The third kappa shape index (κ3) is 1.64. The first-order valence-electron chi connectivity index (χ1n) is 6.76. The van der Waals surface area contributed by atoms with Crippen molar-refractivity contribution < 1.29 is 0 Å². The van der Waals surface area contributed by atoms with Crippen LogP contribution in [-0.4, -0.2) is 0 Å². The fraction of sp³-hybridized carbons (Fsp3) is 0.105. The fourth-order valence-electron chi connectivity index (χ4n) is 3.05. The number of benzene rings is 3. The van der Waals surface area contributed by atoms with Gasteiger partial charge in [-0.1, -0.05) is 18.2 Å². The minimum atomic E-state index is 1.04. The maximum Gasteiger partial charge on any atom is 0.0773 e. The lowest BCUT2D eigenvalue weighted by atomic mass is 9.83. The second-order valence-corrected chi connectivity index (χ2v) is 5.38. The van der Waals surface area contributed by atoms with E-state index >= 15 is 0 Å². The topological polar surface area (TPSA) is 0 Å². The predicted molar refractivity (Wildman–Crippen MR) is 80.4 cm³/mol. The van der Waals surface area contributed by atoms with Gasteiger partial charge in [0, 0.05) is 35.1 Å². The average Bonchev–Trinajstić information content (AvgIpc) is 2.45. The van der Waals surface area contributed by atoms with Crippen molar-refractivity contribution in [2.75, 3.05) is 0 Å². The summed E-state index contributed by atoms with van der Waals surface area (Å²) in [6.45, 7) is 2.16. The quantitative estimate of drug-likeness (QED) is 0.394. The van der Waals surface area contributed by atoms with Gasteiger partial charge in [-0.3, -0.25) is 0 Å². The van der Waals surface area contributed by atoms with Crippen molar-refractivity contribution in [3.8, 4) is 0 Å². The summed E-state index contributed by atoms with van der Waals surface area (Å²) in [5.41, 5.74) is 6.99. The lowest BCUT2D eigenvalue weighted by Crippen LogP contribution is -2.06. The molecule has 0 fully saturated rings. The van der Waals surface area contributed by atoms with Crippen LogP contribution < -0.4 is 0 Å². The molecule has 0 saturated heterocycles. The van der Waals surface area contributed by atoms with Crippen molar-refractivity contribution in [3.63, 3.8) is 0 Å². The fourth-order valence-corrected chi connectivity index (χ4v) is 3.05. The lowest BCUT2D eigenvalue weighted by molar-refractivity contribution is 1.11. The maximum atomic E-state index is 2.33. The van der Waals surface area contributed by atoms with Crippen LogP contribution in [0.3, 0.4) is 0 Å². The maximum absolute atomic E-state index is 2.33. The van der Waals surface area contributed by atoms with Crippen LogP contribution >= 0.6 is 0 Å². The summed E-state index contributed by atoms with van der Waals surface area (Å²) in [7, 11) is 0. The molecule has 1 aliphatic rings. The molecule has 0 heteroatoms. The Bertz CT molecular complexity index is 781. The molecule has 0 amide bonds. The molecular formula is C19H15+.